The highest BCUT2D eigenvalue weighted by molar-refractivity contribution is 7.12. The van der Waals surface area contributed by atoms with Gasteiger partial charge in [0, 0.05) is 40.9 Å². The molecule has 0 radical (unpaired) electrons. The van der Waals surface area contributed by atoms with Gasteiger partial charge >= 0.3 is 0 Å². The van der Waals surface area contributed by atoms with E-state index in [1.54, 1.807) is 24.8 Å². The second-order valence-corrected chi connectivity index (χ2v) is 14.6. The monoisotopic (exact) mass is 792 g/mol. The first-order valence-corrected chi connectivity index (χ1v) is 19.3. The summed E-state index contributed by atoms with van der Waals surface area (Å²) < 4.78 is 55.9. The quantitative estimate of drug-likeness (QED) is 0.181. The minimum Gasteiger partial charge on any atom is -0.485 e. The van der Waals surface area contributed by atoms with E-state index in [9.17, 15) is 0 Å². The summed E-state index contributed by atoms with van der Waals surface area (Å²) in [7, 11) is 0. The third-order valence-electron chi connectivity index (χ3n) is 10.3. The smallest absolute Gasteiger partial charge is 0.257 e. The summed E-state index contributed by atoms with van der Waals surface area (Å²) in [5.41, 5.74) is 5.17. The number of aromatic nitrogens is 8. The van der Waals surface area contributed by atoms with Gasteiger partial charge in [0.05, 0.1) is 35.2 Å². The first kappa shape index (κ1) is 32.9. The summed E-state index contributed by atoms with van der Waals surface area (Å²) in [5, 5.41) is 5.17. The fourth-order valence-electron chi connectivity index (χ4n) is 7.46. The minimum atomic E-state index is -0.534. The number of para-hydroxylation sites is 2. The van der Waals surface area contributed by atoms with Crippen molar-refractivity contribution in [3.05, 3.63) is 120 Å². The van der Waals surface area contributed by atoms with Gasteiger partial charge in [0.15, 0.2) is 63.7 Å². The van der Waals surface area contributed by atoms with Crippen LogP contribution in [-0.4, -0.2) is 65.5 Å². The van der Waals surface area contributed by atoms with E-state index in [1.165, 1.54) is 11.5 Å². The molecule has 11 heterocycles. The summed E-state index contributed by atoms with van der Waals surface area (Å²) in [6, 6.07) is 22.9. The SMILES string of the molecule is c1ccc2c(c1)OCC(c1cc3c(cn1)OCC(c1cnc4c(c1)OC(c1ccc5c(n1)OCC(c1cc6cccnc6n1-c1cnc6snnc6c1)O5)CO4)O3)O2. The largest absolute Gasteiger partial charge is 0.485 e. The molecule has 0 spiro atoms. The average molecular weight is 793 g/mol. The van der Waals surface area contributed by atoms with Gasteiger partial charge in [-0.1, -0.05) is 16.6 Å². The lowest BCUT2D eigenvalue weighted by Gasteiger charge is -2.30. The van der Waals surface area contributed by atoms with E-state index in [1.807, 2.05) is 71.3 Å². The highest BCUT2D eigenvalue weighted by Gasteiger charge is 2.33. The van der Waals surface area contributed by atoms with Gasteiger partial charge in [0.25, 0.3) is 11.8 Å². The zero-order valence-electron chi connectivity index (χ0n) is 30.1. The van der Waals surface area contributed by atoms with Gasteiger partial charge in [-0.05, 0) is 54.6 Å². The molecule has 0 fully saturated rings. The highest BCUT2D eigenvalue weighted by Crippen LogP contribution is 2.44. The van der Waals surface area contributed by atoms with Gasteiger partial charge in [0.2, 0.25) is 0 Å². The second-order valence-electron chi connectivity index (χ2n) is 13.9. The van der Waals surface area contributed by atoms with E-state index in [0.29, 0.717) is 69.8 Å². The van der Waals surface area contributed by atoms with E-state index in [2.05, 4.69) is 35.6 Å². The standard InChI is InChI=1S/C41H28N8O8S/c1-2-6-29-28(5-1)50-18-36(54-29)25-13-31-33(16-43-25)51-17-34(56-31)22-11-32-39(44-14-22)52-19-35(57-32)24-7-8-30-40(46-24)53-20-37(55-30)27-10-21-4-3-9-42-38(21)49(27)23-12-26-41(45-15-23)58-48-47-26/h1-16,34-37H,17-20H2. The van der Waals surface area contributed by atoms with E-state index in [-0.39, 0.29) is 19.8 Å². The third-order valence-corrected chi connectivity index (χ3v) is 10.9. The molecule has 58 heavy (non-hydrogen) atoms. The molecule has 4 aliphatic rings. The molecule has 0 amide bonds. The number of pyridine rings is 5. The summed E-state index contributed by atoms with van der Waals surface area (Å²) in [6.45, 7) is 1.00. The van der Waals surface area contributed by atoms with Gasteiger partial charge in [-0.2, -0.15) is 0 Å². The van der Waals surface area contributed by atoms with Crippen LogP contribution in [0.2, 0.25) is 0 Å². The van der Waals surface area contributed by atoms with Crippen LogP contribution in [0, 0.1) is 0 Å². The van der Waals surface area contributed by atoms with E-state index in [0.717, 1.165) is 32.8 Å². The normalized spacial score (nSPS) is 20.2. The van der Waals surface area contributed by atoms with Crippen LogP contribution in [0.5, 0.6) is 46.3 Å². The number of nitrogens with zero attached hydrogens (tertiary/aromatic N) is 8. The molecule has 16 nitrogen and oxygen atoms in total. The Morgan fingerprint density at radius 3 is 2.36 bits per heavy atom. The van der Waals surface area contributed by atoms with E-state index in [4.69, 9.17) is 42.9 Å². The van der Waals surface area contributed by atoms with Crippen molar-refractivity contribution >= 4 is 32.9 Å². The van der Waals surface area contributed by atoms with Crippen molar-refractivity contribution in [2.24, 2.45) is 0 Å². The molecule has 4 unspecified atom stereocenters. The van der Waals surface area contributed by atoms with Crippen molar-refractivity contribution in [3.8, 4) is 51.9 Å². The fourth-order valence-corrected chi connectivity index (χ4v) is 7.96. The Bertz CT molecular complexity index is 2910. The number of rotatable bonds is 5. The van der Waals surface area contributed by atoms with Crippen LogP contribution < -0.4 is 37.9 Å². The lowest BCUT2D eigenvalue weighted by molar-refractivity contribution is 0.0702. The zero-order chi connectivity index (χ0) is 38.2. The maximum atomic E-state index is 6.54. The molecule has 0 aliphatic carbocycles. The average Bonchev–Trinajstić information content (AvgIpc) is 3.93. The van der Waals surface area contributed by atoms with Gasteiger partial charge in [0.1, 0.15) is 37.6 Å². The number of hydrogen-bond acceptors (Lipinski definition) is 16. The van der Waals surface area contributed by atoms with Crippen molar-refractivity contribution in [2.75, 3.05) is 26.4 Å². The molecule has 1 aromatic carbocycles. The van der Waals surface area contributed by atoms with Crippen LogP contribution in [0.15, 0.2) is 97.6 Å². The Morgan fingerprint density at radius 2 is 1.38 bits per heavy atom. The van der Waals surface area contributed by atoms with Crippen LogP contribution >= 0.6 is 11.5 Å². The van der Waals surface area contributed by atoms with Crippen LogP contribution in [-0.2, 0) is 0 Å². The van der Waals surface area contributed by atoms with E-state index < -0.39 is 24.4 Å². The molecule has 286 valence electrons. The Kier molecular flexibility index (Phi) is 7.47. The second kappa shape index (κ2) is 13.2. The van der Waals surface area contributed by atoms with Gasteiger partial charge < -0.3 is 37.9 Å². The molecule has 0 bridgehead atoms. The Labute approximate surface area is 332 Å². The summed E-state index contributed by atoms with van der Waals surface area (Å²) in [6.07, 6.45) is 5.05. The van der Waals surface area contributed by atoms with Crippen molar-refractivity contribution in [1.29, 1.82) is 0 Å². The zero-order valence-corrected chi connectivity index (χ0v) is 30.9. The Morgan fingerprint density at radius 1 is 0.569 bits per heavy atom. The Hall–Kier alpha value is -7.27. The molecular weight excluding hydrogens is 765 g/mol. The molecule has 0 N–H and O–H groups in total. The number of benzene rings is 1. The number of hydrogen-bond donors (Lipinski definition) is 0. The number of fused-ring (bicyclic) bond motifs is 6. The predicted molar refractivity (Wildman–Crippen MR) is 204 cm³/mol. The van der Waals surface area contributed by atoms with Crippen molar-refractivity contribution in [3.63, 3.8) is 0 Å². The van der Waals surface area contributed by atoms with Crippen molar-refractivity contribution in [1.82, 2.24) is 39.1 Å². The molecule has 4 aliphatic heterocycles. The molecule has 0 saturated heterocycles. The fraction of sp³-hybridized carbons (Fsp3) is 0.195. The van der Waals surface area contributed by atoms with Crippen LogP contribution in [0.25, 0.3) is 27.1 Å². The Balaban J connectivity index is 0.762. The van der Waals surface area contributed by atoms with Gasteiger partial charge in [-0.25, -0.2) is 19.9 Å². The van der Waals surface area contributed by atoms with Crippen molar-refractivity contribution < 1.29 is 37.9 Å². The van der Waals surface area contributed by atoms with Crippen LogP contribution in [0.4, 0.5) is 0 Å². The summed E-state index contributed by atoms with van der Waals surface area (Å²) >= 11 is 1.25. The third kappa shape index (κ3) is 5.61. The highest BCUT2D eigenvalue weighted by atomic mass is 32.1. The van der Waals surface area contributed by atoms with Gasteiger partial charge in [-0.15, -0.1) is 5.10 Å². The van der Waals surface area contributed by atoms with Crippen LogP contribution in [0.3, 0.4) is 0 Å². The number of ether oxygens (including phenoxy) is 8. The lowest BCUT2D eigenvalue weighted by atomic mass is 10.1. The lowest BCUT2D eigenvalue weighted by Crippen LogP contribution is -2.27. The molecule has 8 aromatic rings. The minimum absolute atomic E-state index is 0.207. The first-order valence-electron chi connectivity index (χ1n) is 18.5. The molecule has 0 saturated carbocycles. The maximum absolute atomic E-state index is 6.54. The molecule has 7 aromatic heterocycles. The topological polar surface area (TPSA) is 169 Å². The van der Waals surface area contributed by atoms with Crippen molar-refractivity contribution in [2.45, 2.75) is 24.4 Å². The van der Waals surface area contributed by atoms with Gasteiger partial charge in [-0.3, -0.25) is 9.55 Å². The first-order chi connectivity index (χ1) is 28.7. The summed E-state index contributed by atoms with van der Waals surface area (Å²) in [5.74, 6) is 4.17. The maximum Gasteiger partial charge on any atom is 0.257 e. The molecule has 12 rings (SSSR count). The van der Waals surface area contributed by atoms with Crippen LogP contribution in [0.1, 0.15) is 47.1 Å². The van der Waals surface area contributed by atoms with E-state index >= 15 is 0 Å². The molecule has 17 heteroatoms. The molecule has 4 atom stereocenters. The summed E-state index contributed by atoms with van der Waals surface area (Å²) in [4.78, 5) is 23.9. The predicted octanol–water partition coefficient (Wildman–Crippen LogP) is 6.66. The molecular formula is C41H28N8O8S.